The van der Waals surface area contributed by atoms with Crippen LogP contribution in [0.5, 0.6) is 0 Å². The van der Waals surface area contributed by atoms with Crippen LogP contribution in [-0.4, -0.2) is 43.2 Å². The molecule has 2 aromatic rings. The van der Waals surface area contributed by atoms with Crippen molar-refractivity contribution in [2.45, 2.75) is 38.8 Å². The van der Waals surface area contributed by atoms with Gasteiger partial charge in [0.15, 0.2) is 11.6 Å². The van der Waals surface area contributed by atoms with Gasteiger partial charge >= 0.3 is 5.97 Å². The lowest BCUT2D eigenvalue weighted by Crippen LogP contribution is -2.38. The zero-order chi connectivity index (χ0) is 16.4. The highest BCUT2D eigenvalue weighted by Gasteiger charge is 2.31. The highest BCUT2D eigenvalue weighted by Crippen LogP contribution is 2.31. The van der Waals surface area contributed by atoms with Crippen LogP contribution in [0.3, 0.4) is 0 Å². The molecular weight excluding hydrogens is 300 g/mol. The first-order valence-electron chi connectivity index (χ1n) is 7.54. The zero-order valence-electron chi connectivity index (χ0n) is 12.8. The fourth-order valence-corrected chi connectivity index (χ4v) is 2.93. The summed E-state index contributed by atoms with van der Waals surface area (Å²) in [6, 6.07) is 3.18. The van der Waals surface area contributed by atoms with Crippen molar-refractivity contribution in [2.75, 3.05) is 6.54 Å². The highest BCUT2D eigenvalue weighted by atomic mass is 16.4. The second kappa shape index (κ2) is 6.23. The lowest BCUT2D eigenvalue weighted by atomic mass is 10.0. The van der Waals surface area contributed by atoms with Crippen molar-refractivity contribution in [3.63, 3.8) is 0 Å². The average molecular weight is 318 g/mol. The minimum Gasteiger partial charge on any atom is -0.480 e. The van der Waals surface area contributed by atoms with E-state index in [4.69, 9.17) is 9.52 Å². The number of nitrogens with zero attached hydrogens (tertiary/aromatic N) is 4. The van der Waals surface area contributed by atoms with Gasteiger partial charge in [-0.05, 0) is 31.4 Å². The predicted octanol–water partition coefficient (Wildman–Crippen LogP) is 1.70. The standard InChI is InChI=1S/C15H18N4O4/c1-10(20)18-7-3-2-5-11(18)15-16-14(12-6-4-8-23-12)17-19(15)9-13(21)22/h4,6,8,11H,2-3,5,7,9H2,1H3,(H,21,22)/t11-/m0/s1. The van der Waals surface area contributed by atoms with Crippen LogP contribution in [-0.2, 0) is 16.1 Å². The van der Waals surface area contributed by atoms with Gasteiger partial charge in [0.2, 0.25) is 11.7 Å². The number of piperidine rings is 1. The number of carboxylic acid groups (broad SMARTS) is 1. The van der Waals surface area contributed by atoms with E-state index >= 15 is 0 Å². The summed E-state index contributed by atoms with van der Waals surface area (Å²) >= 11 is 0. The van der Waals surface area contributed by atoms with Crippen molar-refractivity contribution in [1.82, 2.24) is 19.7 Å². The number of likely N-dealkylation sites (tertiary alicyclic amines) is 1. The summed E-state index contributed by atoms with van der Waals surface area (Å²) in [4.78, 5) is 29.2. The quantitative estimate of drug-likeness (QED) is 0.920. The number of carboxylic acids is 1. The smallest absolute Gasteiger partial charge is 0.325 e. The van der Waals surface area contributed by atoms with Crippen molar-refractivity contribution < 1.29 is 19.1 Å². The lowest BCUT2D eigenvalue weighted by molar-refractivity contribution is -0.138. The van der Waals surface area contributed by atoms with Crippen LogP contribution in [0.25, 0.3) is 11.6 Å². The molecular formula is C15H18N4O4. The topological polar surface area (TPSA) is 101 Å². The van der Waals surface area contributed by atoms with Gasteiger partial charge in [-0.2, -0.15) is 0 Å². The summed E-state index contributed by atoms with van der Waals surface area (Å²) in [6.07, 6.45) is 4.16. The van der Waals surface area contributed by atoms with Crippen LogP contribution in [0.4, 0.5) is 0 Å². The Morgan fingerprint density at radius 1 is 1.43 bits per heavy atom. The van der Waals surface area contributed by atoms with Crippen LogP contribution >= 0.6 is 0 Å². The first kappa shape index (κ1) is 15.3. The molecule has 8 heteroatoms. The molecule has 1 saturated heterocycles. The Morgan fingerprint density at radius 3 is 2.91 bits per heavy atom. The van der Waals surface area contributed by atoms with Crippen LogP contribution in [0, 0.1) is 0 Å². The molecule has 3 heterocycles. The van der Waals surface area contributed by atoms with Gasteiger partial charge in [0.05, 0.1) is 12.3 Å². The molecule has 1 N–H and O–H groups in total. The minimum absolute atomic E-state index is 0.0425. The third kappa shape index (κ3) is 3.10. The molecule has 3 rings (SSSR count). The van der Waals surface area contributed by atoms with E-state index < -0.39 is 5.97 Å². The molecule has 0 bridgehead atoms. The molecule has 0 aliphatic carbocycles. The van der Waals surface area contributed by atoms with Crippen molar-refractivity contribution >= 4 is 11.9 Å². The van der Waals surface area contributed by atoms with E-state index in [1.165, 1.54) is 17.9 Å². The van der Waals surface area contributed by atoms with E-state index in [0.29, 0.717) is 24.0 Å². The first-order valence-corrected chi connectivity index (χ1v) is 7.54. The number of aliphatic carboxylic acids is 1. The number of rotatable bonds is 4. The van der Waals surface area contributed by atoms with Gasteiger partial charge in [-0.15, -0.1) is 5.10 Å². The second-order valence-electron chi connectivity index (χ2n) is 5.55. The molecule has 1 atom stereocenters. The Balaban J connectivity index is 2.01. The van der Waals surface area contributed by atoms with Crippen molar-refractivity contribution in [1.29, 1.82) is 0 Å². The third-order valence-corrected chi connectivity index (χ3v) is 3.93. The Labute approximate surface area is 132 Å². The lowest BCUT2D eigenvalue weighted by Gasteiger charge is -2.34. The molecule has 0 radical (unpaired) electrons. The van der Waals surface area contributed by atoms with Crippen LogP contribution in [0.2, 0.25) is 0 Å². The van der Waals surface area contributed by atoms with E-state index in [9.17, 15) is 9.59 Å². The molecule has 1 aliphatic heterocycles. The molecule has 0 unspecified atom stereocenters. The van der Waals surface area contributed by atoms with Crippen LogP contribution < -0.4 is 0 Å². The maximum atomic E-state index is 11.9. The van der Waals surface area contributed by atoms with Crippen molar-refractivity contribution in [3.8, 4) is 11.6 Å². The average Bonchev–Trinajstić information content (AvgIpc) is 3.15. The van der Waals surface area contributed by atoms with Gasteiger partial charge in [0.25, 0.3) is 0 Å². The minimum atomic E-state index is -1.01. The number of carbonyl (C=O) groups excluding carboxylic acids is 1. The van der Waals surface area contributed by atoms with E-state index in [-0.39, 0.29) is 18.5 Å². The van der Waals surface area contributed by atoms with E-state index in [2.05, 4.69) is 10.1 Å². The number of carbonyl (C=O) groups is 2. The molecule has 122 valence electrons. The highest BCUT2D eigenvalue weighted by molar-refractivity contribution is 5.74. The van der Waals surface area contributed by atoms with Gasteiger partial charge < -0.3 is 14.4 Å². The van der Waals surface area contributed by atoms with Gasteiger partial charge in [-0.25, -0.2) is 9.67 Å². The zero-order valence-corrected chi connectivity index (χ0v) is 12.8. The van der Waals surface area contributed by atoms with Gasteiger partial charge in [0.1, 0.15) is 6.54 Å². The number of furan rings is 1. The molecule has 1 fully saturated rings. The Morgan fingerprint density at radius 2 is 2.26 bits per heavy atom. The number of amides is 1. The largest absolute Gasteiger partial charge is 0.480 e. The van der Waals surface area contributed by atoms with Crippen LogP contribution in [0.1, 0.15) is 38.1 Å². The third-order valence-electron chi connectivity index (χ3n) is 3.93. The van der Waals surface area contributed by atoms with E-state index in [1.54, 1.807) is 17.0 Å². The molecule has 8 nitrogen and oxygen atoms in total. The summed E-state index contributed by atoms with van der Waals surface area (Å²) < 4.78 is 6.64. The maximum Gasteiger partial charge on any atom is 0.325 e. The van der Waals surface area contributed by atoms with Crippen LogP contribution in [0.15, 0.2) is 22.8 Å². The van der Waals surface area contributed by atoms with Crippen molar-refractivity contribution in [3.05, 3.63) is 24.2 Å². The molecule has 0 spiro atoms. The van der Waals surface area contributed by atoms with Gasteiger partial charge in [-0.1, -0.05) is 0 Å². The number of hydrogen-bond donors (Lipinski definition) is 1. The van der Waals surface area contributed by atoms with E-state index in [0.717, 1.165) is 19.3 Å². The summed E-state index contributed by atoms with van der Waals surface area (Å²) in [7, 11) is 0. The molecule has 0 aromatic carbocycles. The maximum absolute atomic E-state index is 11.9. The number of aromatic nitrogens is 3. The Kier molecular flexibility index (Phi) is 4.14. The summed E-state index contributed by atoms with van der Waals surface area (Å²) in [5.74, 6) is 0.251. The summed E-state index contributed by atoms with van der Waals surface area (Å²) in [5.41, 5.74) is 0. The SMILES string of the molecule is CC(=O)N1CCCC[C@H]1c1nc(-c2ccco2)nn1CC(=O)O. The second-order valence-corrected chi connectivity index (χ2v) is 5.55. The fourth-order valence-electron chi connectivity index (χ4n) is 2.93. The fraction of sp³-hybridized carbons (Fsp3) is 0.467. The molecule has 1 amide bonds. The normalized spacial score (nSPS) is 18.1. The van der Waals surface area contributed by atoms with Gasteiger partial charge in [-0.3, -0.25) is 9.59 Å². The molecule has 23 heavy (non-hydrogen) atoms. The molecule has 0 saturated carbocycles. The Hall–Kier alpha value is -2.64. The number of hydrogen-bond acceptors (Lipinski definition) is 5. The summed E-state index contributed by atoms with van der Waals surface area (Å²) in [5, 5.41) is 13.4. The first-order chi connectivity index (χ1) is 11.1. The van der Waals surface area contributed by atoms with Crippen molar-refractivity contribution in [2.24, 2.45) is 0 Å². The van der Waals surface area contributed by atoms with E-state index in [1.807, 2.05) is 0 Å². The predicted molar refractivity (Wildman–Crippen MR) is 79.3 cm³/mol. The Bertz CT molecular complexity index is 707. The summed E-state index contributed by atoms with van der Waals surface area (Å²) in [6.45, 7) is 1.87. The monoisotopic (exact) mass is 318 g/mol. The molecule has 1 aliphatic rings. The van der Waals surface area contributed by atoms with Gasteiger partial charge in [0, 0.05) is 13.5 Å². The molecule has 2 aromatic heterocycles.